The maximum absolute atomic E-state index is 6.86. The van der Waals surface area contributed by atoms with E-state index in [-0.39, 0.29) is 0 Å². The highest BCUT2D eigenvalue weighted by Gasteiger charge is 2.09. The predicted molar refractivity (Wildman–Crippen MR) is 57.6 cm³/mol. The number of hydrogen-bond acceptors (Lipinski definition) is 4. The number of rotatable bonds is 3. The third-order valence-electron chi connectivity index (χ3n) is 1.76. The molecular formula is C10H13N3O. The minimum absolute atomic E-state index is 0.372. The van der Waals surface area contributed by atoms with Crippen molar-refractivity contribution < 1.29 is 4.42 Å². The van der Waals surface area contributed by atoms with Crippen LogP contribution in [-0.4, -0.2) is 6.21 Å². The second-order valence-corrected chi connectivity index (χ2v) is 2.94. The normalized spacial score (nSPS) is 11.4. The standard InChI is InChI=1S/C10H13N3O/c1-6-5-9(8(13)3-4-11)14-10(6)7(2)12/h3-5,11H,2,12-13H2,1H3. The van der Waals surface area contributed by atoms with Gasteiger partial charge in [-0.15, -0.1) is 0 Å². The summed E-state index contributed by atoms with van der Waals surface area (Å²) >= 11 is 0. The van der Waals surface area contributed by atoms with E-state index >= 15 is 0 Å². The molecule has 0 radical (unpaired) electrons. The summed E-state index contributed by atoms with van der Waals surface area (Å²) in [5.74, 6) is 1.05. The zero-order valence-corrected chi connectivity index (χ0v) is 8.00. The minimum atomic E-state index is 0.372. The lowest BCUT2D eigenvalue weighted by Gasteiger charge is -1.95. The summed E-state index contributed by atoms with van der Waals surface area (Å²) in [5, 5.41) is 6.86. The summed E-state index contributed by atoms with van der Waals surface area (Å²) in [6.07, 6.45) is 2.55. The summed E-state index contributed by atoms with van der Waals surface area (Å²) in [4.78, 5) is 0. The molecule has 0 aromatic carbocycles. The van der Waals surface area contributed by atoms with Gasteiger partial charge in [0.15, 0.2) is 11.5 Å². The SMILES string of the molecule is C=C(N)c1oc(C(N)=CC=N)cc1C. The van der Waals surface area contributed by atoms with Crippen molar-refractivity contribution in [3.63, 3.8) is 0 Å². The lowest BCUT2D eigenvalue weighted by atomic mass is 10.2. The van der Waals surface area contributed by atoms with Gasteiger partial charge in [-0.05, 0) is 24.6 Å². The molecule has 0 spiro atoms. The Morgan fingerprint density at radius 1 is 1.57 bits per heavy atom. The number of furan rings is 1. The Kier molecular flexibility index (Phi) is 2.76. The first-order valence-corrected chi connectivity index (χ1v) is 4.08. The maximum atomic E-state index is 6.86. The molecule has 1 heterocycles. The van der Waals surface area contributed by atoms with Crippen LogP contribution in [-0.2, 0) is 0 Å². The van der Waals surface area contributed by atoms with Gasteiger partial charge < -0.3 is 21.3 Å². The first-order chi connectivity index (χ1) is 6.56. The van der Waals surface area contributed by atoms with Crippen LogP contribution >= 0.6 is 0 Å². The molecule has 5 N–H and O–H groups in total. The van der Waals surface area contributed by atoms with Gasteiger partial charge in [0.2, 0.25) is 0 Å². The van der Waals surface area contributed by atoms with Gasteiger partial charge in [0, 0.05) is 6.21 Å². The number of nitrogens with one attached hydrogen (secondary N) is 1. The summed E-state index contributed by atoms with van der Waals surface area (Å²) in [5.41, 5.74) is 12.8. The van der Waals surface area contributed by atoms with E-state index < -0.39 is 0 Å². The average Bonchev–Trinajstić information content (AvgIpc) is 2.48. The molecule has 0 fully saturated rings. The van der Waals surface area contributed by atoms with Gasteiger partial charge in [-0.1, -0.05) is 6.58 Å². The highest BCUT2D eigenvalue weighted by Crippen LogP contribution is 2.21. The third kappa shape index (κ3) is 1.85. The van der Waals surface area contributed by atoms with Crippen LogP contribution in [0.3, 0.4) is 0 Å². The monoisotopic (exact) mass is 191 g/mol. The van der Waals surface area contributed by atoms with Crippen LogP contribution in [0.25, 0.3) is 11.4 Å². The first kappa shape index (κ1) is 10.1. The second-order valence-electron chi connectivity index (χ2n) is 2.94. The number of aryl methyl sites for hydroxylation is 1. The van der Waals surface area contributed by atoms with Crippen molar-refractivity contribution in [2.24, 2.45) is 11.5 Å². The molecule has 1 aromatic rings. The molecule has 0 aliphatic heterocycles. The minimum Gasteiger partial charge on any atom is -0.453 e. The van der Waals surface area contributed by atoms with E-state index in [4.69, 9.17) is 21.3 Å². The number of nitrogens with two attached hydrogens (primary N) is 2. The number of allylic oxidation sites excluding steroid dienone is 1. The fourth-order valence-electron chi connectivity index (χ4n) is 1.12. The fraction of sp³-hybridized carbons (Fsp3) is 0.100. The molecule has 0 aliphatic carbocycles. The van der Waals surface area contributed by atoms with Crippen molar-refractivity contribution in [1.29, 1.82) is 5.41 Å². The molecule has 74 valence electrons. The van der Waals surface area contributed by atoms with E-state index in [0.717, 1.165) is 11.8 Å². The Balaban J connectivity index is 3.14. The van der Waals surface area contributed by atoms with Crippen molar-refractivity contribution in [1.82, 2.24) is 0 Å². The molecule has 0 unspecified atom stereocenters. The van der Waals surface area contributed by atoms with Crippen LogP contribution in [0.4, 0.5) is 0 Å². The molecule has 14 heavy (non-hydrogen) atoms. The molecular weight excluding hydrogens is 178 g/mol. The molecule has 1 aromatic heterocycles. The first-order valence-electron chi connectivity index (χ1n) is 4.08. The fourth-order valence-corrected chi connectivity index (χ4v) is 1.12. The van der Waals surface area contributed by atoms with Gasteiger partial charge in [0.1, 0.15) is 0 Å². The summed E-state index contributed by atoms with van der Waals surface area (Å²) in [7, 11) is 0. The van der Waals surface area contributed by atoms with E-state index in [1.165, 1.54) is 6.08 Å². The third-order valence-corrected chi connectivity index (χ3v) is 1.76. The topological polar surface area (TPSA) is 89.0 Å². The molecule has 0 bridgehead atoms. The largest absolute Gasteiger partial charge is 0.453 e. The van der Waals surface area contributed by atoms with Crippen LogP contribution in [0, 0.1) is 12.3 Å². The number of hydrogen-bond donors (Lipinski definition) is 3. The van der Waals surface area contributed by atoms with Gasteiger partial charge in [-0.3, -0.25) is 0 Å². The van der Waals surface area contributed by atoms with Crippen LogP contribution < -0.4 is 11.5 Å². The quantitative estimate of drug-likeness (QED) is 0.632. The Bertz CT molecular complexity index is 401. The van der Waals surface area contributed by atoms with Crippen LogP contribution in [0.5, 0.6) is 0 Å². The summed E-state index contributed by atoms with van der Waals surface area (Å²) in [6.45, 7) is 5.44. The Labute approximate surface area is 82.4 Å². The molecule has 0 amide bonds. The summed E-state index contributed by atoms with van der Waals surface area (Å²) < 4.78 is 5.37. The average molecular weight is 191 g/mol. The van der Waals surface area contributed by atoms with Gasteiger partial charge in [-0.2, -0.15) is 0 Å². The second kappa shape index (κ2) is 3.83. The van der Waals surface area contributed by atoms with Crippen molar-refractivity contribution in [2.45, 2.75) is 6.92 Å². The van der Waals surface area contributed by atoms with Crippen LogP contribution in [0.15, 0.2) is 23.1 Å². The van der Waals surface area contributed by atoms with Crippen molar-refractivity contribution >= 4 is 17.6 Å². The van der Waals surface area contributed by atoms with Crippen molar-refractivity contribution in [2.75, 3.05) is 0 Å². The van der Waals surface area contributed by atoms with E-state index in [2.05, 4.69) is 6.58 Å². The lowest BCUT2D eigenvalue weighted by molar-refractivity contribution is 0.536. The molecule has 0 atom stereocenters. The molecule has 4 nitrogen and oxygen atoms in total. The van der Waals surface area contributed by atoms with Gasteiger partial charge >= 0.3 is 0 Å². The van der Waals surface area contributed by atoms with E-state index in [9.17, 15) is 0 Å². The zero-order valence-electron chi connectivity index (χ0n) is 8.00. The van der Waals surface area contributed by atoms with E-state index in [1.807, 2.05) is 6.92 Å². The van der Waals surface area contributed by atoms with Gasteiger partial charge in [0.25, 0.3) is 0 Å². The van der Waals surface area contributed by atoms with E-state index in [1.54, 1.807) is 6.07 Å². The highest BCUT2D eigenvalue weighted by atomic mass is 16.3. The Morgan fingerprint density at radius 3 is 2.64 bits per heavy atom. The van der Waals surface area contributed by atoms with Crippen molar-refractivity contribution in [3.05, 3.63) is 35.8 Å². The zero-order chi connectivity index (χ0) is 10.7. The summed E-state index contributed by atoms with van der Waals surface area (Å²) in [6, 6.07) is 1.77. The molecule has 0 saturated carbocycles. The molecule has 1 rings (SSSR count). The van der Waals surface area contributed by atoms with Crippen LogP contribution in [0.1, 0.15) is 17.1 Å². The van der Waals surface area contributed by atoms with Crippen molar-refractivity contribution in [3.8, 4) is 0 Å². The molecule has 0 aliphatic rings. The van der Waals surface area contributed by atoms with E-state index in [0.29, 0.717) is 22.9 Å². The van der Waals surface area contributed by atoms with Crippen LogP contribution in [0.2, 0.25) is 0 Å². The Hall–Kier alpha value is -1.97. The Morgan fingerprint density at radius 2 is 2.21 bits per heavy atom. The maximum Gasteiger partial charge on any atom is 0.152 e. The van der Waals surface area contributed by atoms with Gasteiger partial charge in [0.05, 0.1) is 11.4 Å². The van der Waals surface area contributed by atoms with Gasteiger partial charge in [-0.25, -0.2) is 0 Å². The smallest absolute Gasteiger partial charge is 0.152 e. The predicted octanol–water partition coefficient (Wildman–Crippen LogP) is 1.47. The lowest BCUT2D eigenvalue weighted by Crippen LogP contribution is -1.95. The molecule has 4 heteroatoms. The highest BCUT2D eigenvalue weighted by molar-refractivity contribution is 5.80. The molecule has 0 saturated heterocycles.